The first-order chi connectivity index (χ1) is 10.8. The molecule has 1 aromatic heterocycles. The minimum atomic E-state index is -0.0361. The number of carbonyl (C=O) groups excluding carboxylic acids is 1. The summed E-state index contributed by atoms with van der Waals surface area (Å²) in [6.07, 6.45) is 4.36. The number of nitrogens with zero attached hydrogens (tertiary/aromatic N) is 1. The molecule has 2 aromatic rings. The molecule has 5 heteroatoms. The predicted molar refractivity (Wildman–Crippen MR) is 90.0 cm³/mol. The topological polar surface area (TPSA) is 57.8 Å². The van der Waals surface area contributed by atoms with Crippen molar-refractivity contribution in [3.63, 3.8) is 0 Å². The van der Waals surface area contributed by atoms with E-state index in [1.54, 1.807) is 0 Å². The fraction of sp³-hybridized carbons (Fsp3) is 0.412. The van der Waals surface area contributed by atoms with Gasteiger partial charge in [-0.3, -0.25) is 9.89 Å². The quantitative estimate of drug-likeness (QED) is 0.822. The van der Waals surface area contributed by atoms with E-state index in [4.69, 9.17) is 0 Å². The fourth-order valence-corrected chi connectivity index (χ4v) is 3.09. The predicted octanol–water partition coefficient (Wildman–Crippen LogP) is 3.47. The number of nitrogens with one attached hydrogen (secondary N) is 2. The lowest BCUT2D eigenvalue weighted by Crippen LogP contribution is -2.23. The molecule has 22 heavy (non-hydrogen) atoms. The third-order valence-electron chi connectivity index (χ3n) is 3.88. The van der Waals surface area contributed by atoms with Crippen LogP contribution in [0.15, 0.2) is 30.5 Å². The number of H-pyrrole nitrogens is 1. The van der Waals surface area contributed by atoms with Crippen molar-refractivity contribution < 1.29 is 4.79 Å². The van der Waals surface area contributed by atoms with Gasteiger partial charge in [-0.1, -0.05) is 19.1 Å². The van der Waals surface area contributed by atoms with E-state index < -0.39 is 0 Å². The van der Waals surface area contributed by atoms with Crippen LogP contribution in [0.5, 0.6) is 0 Å². The van der Waals surface area contributed by atoms with Crippen molar-refractivity contribution in [2.45, 2.75) is 38.0 Å². The van der Waals surface area contributed by atoms with Crippen LogP contribution >= 0.6 is 11.8 Å². The summed E-state index contributed by atoms with van der Waals surface area (Å²) >= 11 is 1.88. The van der Waals surface area contributed by atoms with Crippen LogP contribution in [-0.4, -0.2) is 21.9 Å². The van der Waals surface area contributed by atoms with Gasteiger partial charge in [0.15, 0.2) is 0 Å². The summed E-state index contributed by atoms with van der Waals surface area (Å²) in [5, 5.41) is 10.1. The number of aromatic amines is 1. The standard InChI is InChI=1S/C17H21N3OS/c1-2-22-11-12-3-5-14(6-4-12)17(21)18-10-16-15(9-19-20-16)13-7-8-13/h3-6,9,13H,2,7-8,10-11H2,1H3,(H,18,21)(H,19,20). The summed E-state index contributed by atoms with van der Waals surface area (Å²) in [4.78, 5) is 12.2. The number of carbonyl (C=O) groups is 1. The summed E-state index contributed by atoms with van der Waals surface area (Å²) in [6.45, 7) is 2.66. The molecule has 1 fully saturated rings. The molecule has 1 aliphatic carbocycles. The summed E-state index contributed by atoms with van der Waals surface area (Å²) in [7, 11) is 0. The normalized spacial score (nSPS) is 14.0. The Balaban J connectivity index is 1.56. The number of thioether (sulfide) groups is 1. The molecular formula is C17H21N3OS. The van der Waals surface area contributed by atoms with E-state index >= 15 is 0 Å². The van der Waals surface area contributed by atoms with Gasteiger partial charge in [0.05, 0.1) is 18.4 Å². The van der Waals surface area contributed by atoms with Crippen LogP contribution in [0.2, 0.25) is 0 Å². The number of hydrogen-bond acceptors (Lipinski definition) is 3. The number of aromatic nitrogens is 2. The average molecular weight is 315 g/mol. The molecule has 1 saturated carbocycles. The number of benzene rings is 1. The largest absolute Gasteiger partial charge is 0.346 e. The Labute approximate surface area is 135 Å². The lowest BCUT2D eigenvalue weighted by Gasteiger charge is -2.06. The fourth-order valence-electron chi connectivity index (χ4n) is 2.45. The van der Waals surface area contributed by atoms with Crippen LogP contribution in [0.25, 0.3) is 0 Å². The smallest absolute Gasteiger partial charge is 0.251 e. The third-order valence-corrected chi connectivity index (χ3v) is 4.83. The van der Waals surface area contributed by atoms with Crippen molar-refractivity contribution in [1.82, 2.24) is 15.5 Å². The molecule has 4 nitrogen and oxygen atoms in total. The highest BCUT2D eigenvalue weighted by Crippen LogP contribution is 2.41. The number of hydrogen-bond donors (Lipinski definition) is 2. The van der Waals surface area contributed by atoms with Crippen molar-refractivity contribution in [1.29, 1.82) is 0 Å². The van der Waals surface area contributed by atoms with E-state index in [1.807, 2.05) is 42.2 Å². The van der Waals surface area contributed by atoms with Gasteiger partial charge in [0.2, 0.25) is 0 Å². The Hall–Kier alpha value is -1.75. The van der Waals surface area contributed by atoms with Crippen LogP contribution in [-0.2, 0) is 12.3 Å². The molecule has 0 aliphatic heterocycles. The number of rotatable bonds is 7. The summed E-state index contributed by atoms with van der Waals surface area (Å²) in [5.74, 6) is 2.71. The Bertz CT molecular complexity index is 632. The summed E-state index contributed by atoms with van der Waals surface area (Å²) in [6, 6.07) is 7.86. The molecular weight excluding hydrogens is 294 g/mol. The number of amides is 1. The first-order valence-electron chi connectivity index (χ1n) is 7.75. The maximum Gasteiger partial charge on any atom is 0.251 e. The zero-order chi connectivity index (χ0) is 15.4. The molecule has 1 amide bonds. The zero-order valence-electron chi connectivity index (χ0n) is 12.8. The second kappa shape index (κ2) is 7.01. The molecule has 0 bridgehead atoms. The Morgan fingerprint density at radius 2 is 2.14 bits per heavy atom. The van der Waals surface area contributed by atoms with Crippen molar-refractivity contribution in [3.05, 3.63) is 52.8 Å². The van der Waals surface area contributed by atoms with E-state index in [-0.39, 0.29) is 5.91 Å². The van der Waals surface area contributed by atoms with Crippen LogP contribution in [0, 0.1) is 0 Å². The van der Waals surface area contributed by atoms with Crippen LogP contribution < -0.4 is 5.32 Å². The van der Waals surface area contributed by atoms with E-state index in [1.165, 1.54) is 24.0 Å². The van der Waals surface area contributed by atoms with Gasteiger partial charge in [0.1, 0.15) is 0 Å². The molecule has 3 rings (SSSR count). The van der Waals surface area contributed by atoms with Gasteiger partial charge < -0.3 is 5.32 Å². The first kappa shape index (κ1) is 15.2. The lowest BCUT2D eigenvalue weighted by molar-refractivity contribution is 0.0950. The highest BCUT2D eigenvalue weighted by Gasteiger charge is 2.27. The lowest BCUT2D eigenvalue weighted by atomic mass is 10.1. The second-order valence-corrected chi connectivity index (χ2v) is 6.87. The van der Waals surface area contributed by atoms with Crippen LogP contribution in [0.1, 0.15) is 52.9 Å². The Morgan fingerprint density at radius 1 is 1.36 bits per heavy atom. The third kappa shape index (κ3) is 3.71. The molecule has 0 saturated heterocycles. The zero-order valence-corrected chi connectivity index (χ0v) is 13.6. The monoisotopic (exact) mass is 315 g/mol. The minimum absolute atomic E-state index is 0.0361. The van der Waals surface area contributed by atoms with Crippen molar-refractivity contribution >= 4 is 17.7 Å². The molecule has 0 unspecified atom stereocenters. The molecule has 1 heterocycles. The van der Waals surface area contributed by atoms with Gasteiger partial charge in [-0.05, 0) is 47.8 Å². The van der Waals surface area contributed by atoms with Gasteiger partial charge in [-0.25, -0.2) is 0 Å². The van der Waals surface area contributed by atoms with Gasteiger partial charge >= 0.3 is 0 Å². The van der Waals surface area contributed by atoms with Crippen molar-refractivity contribution in [3.8, 4) is 0 Å². The Morgan fingerprint density at radius 3 is 2.82 bits per heavy atom. The molecule has 0 spiro atoms. The average Bonchev–Trinajstić information content (AvgIpc) is 3.29. The van der Waals surface area contributed by atoms with E-state index in [2.05, 4.69) is 22.4 Å². The summed E-state index contributed by atoms with van der Waals surface area (Å²) < 4.78 is 0. The maximum absolute atomic E-state index is 12.2. The van der Waals surface area contributed by atoms with Gasteiger partial charge in [-0.2, -0.15) is 16.9 Å². The maximum atomic E-state index is 12.2. The van der Waals surface area contributed by atoms with Crippen LogP contribution in [0.3, 0.4) is 0 Å². The highest BCUT2D eigenvalue weighted by molar-refractivity contribution is 7.98. The minimum Gasteiger partial charge on any atom is -0.346 e. The summed E-state index contributed by atoms with van der Waals surface area (Å²) in [5.41, 5.74) is 4.25. The van der Waals surface area contributed by atoms with Crippen LogP contribution in [0.4, 0.5) is 0 Å². The molecule has 1 aliphatic rings. The van der Waals surface area contributed by atoms with Crippen molar-refractivity contribution in [2.24, 2.45) is 0 Å². The SMILES string of the molecule is CCSCc1ccc(C(=O)NCc2[nH]ncc2C2CC2)cc1. The van der Waals surface area contributed by atoms with Gasteiger partial charge in [0.25, 0.3) is 5.91 Å². The van der Waals surface area contributed by atoms with Crippen molar-refractivity contribution in [2.75, 3.05) is 5.75 Å². The first-order valence-corrected chi connectivity index (χ1v) is 8.90. The van der Waals surface area contributed by atoms with E-state index in [0.717, 1.165) is 17.2 Å². The molecule has 0 radical (unpaired) electrons. The molecule has 2 N–H and O–H groups in total. The Kier molecular flexibility index (Phi) is 4.83. The van der Waals surface area contributed by atoms with E-state index in [9.17, 15) is 4.79 Å². The van der Waals surface area contributed by atoms with Gasteiger partial charge in [-0.15, -0.1) is 0 Å². The van der Waals surface area contributed by atoms with Gasteiger partial charge in [0, 0.05) is 11.3 Å². The second-order valence-electron chi connectivity index (χ2n) is 5.59. The molecule has 116 valence electrons. The molecule has 0 atom stereocenters. The molecule has 1 aromatic carbocycles. The highest BCUT2D eigenvalue weighted by atomic mass is 32.2. The van der Waals surface area contributed by atoms with E-state index in [0.29, 0.717) is 18.0 Å².